The van der Waals surface area contributed by atoms with Gasteiger partial charge in [0.15, 0.2) is 0 Å². The second kappa shape index (κ2) is 7.39. The molecule has 0 aromatic heterocycles. The molecule has 0 spiro atoms. The maximum atomic E-state index is 12.1. The van der Waals surface area contributed by atoms with Crippen LogP contribution in [-0.2, 0) is 21.5 Å². The second-order valence-corrected chi connectivity index (χ2v) is 6.54. The van der Waals surface area contributed by atoms with Crippen LogP contribution in [0.2, 0.25) is 0 Å². The molecule has 0 saturated heterocycles. The number of nitrogens with zero attached hydrogens (tertiary/aromatic N) is 1. The summed E-state index contributed by atoms with van der Waals surface area (Å²) in [7, 11) is -0.781. The molecule has 0 aliphatic rings. The number of carbonyl (C=O) groups is 1. The van der Waals surface area contributed by atoms with Crippen molar-refractivity contribution in [1.29, 1.82) is 0 Å². The fourth-order valence-electron chi connectivity index (χ4n) is 1.76. The minimum Gasteiger partial charge on any atom is -0.497 e. The van der Waals surface area contributed by atoms with E-state index in [0.717, 1.165) is 9.87 Å². The molecule has 1 aromatic rings. The first kappa shape index (κ1) is 17.4. The van der Waals surface area contributed by atoms with Crippen LogP contribution in [0.1, 0.15) is 18.9 Å². The lowest BCUT2D eigenvalue weighted by Gasteiger charge is -2.20. The summed E-state index contributed by atoms with van der Waals surface area (Å²) in [5.74, 6) is -0.411. The fourth-order valence-corrected chi connectivity index (χ4v) is 2.85. The zero-order valence-electron chi connectivity index (χ0n) is 12.2. The van der Waals surface area contributed by atoms with Crippen molar-refractivity contribution < 1.29 is 23.1 Å². The van der Waals surface area contributed by atoms with Crippen LogP contribution in [0.4, 0.5) is 0 Å². The summed E-state index contributed by atoms with van der Waals surface area (Å²) in [6, 6.07) is 6.39. The third-order valence-electron chi connectivity index (χ3n) is 2.78. The predicted octanol–water partition coefficient (Wildman–Crippen LogP) is 0.825. The molecule has 1 rings (SSSR count). The van der Waals surface area contributed by atoms with Crippen molar-refractivity contribution in [3.8, 4) is 5.75 Å². The molecular weight excluding hydrogens is 296 g/mol. The molecule has 0 aliphatic carbocycles. The number of methoxy groups -OCH3 is 1. The Balaban J connectivity index is 2.72. The summed E-state index contributed by atoms with van der Waals surface area (Å²) in [6.45, 7) is 1.66. The van der Waals surface area contributed by atoms with Crippen molar-refractivity contribution in [2.75, 3.05) is 14.2 Å². The summed E-state index contributed by atoms with van der Waals surface area (Å²) >= 11 is 0. The van der Waals surface area contributed by atoms with Gasteiger partial charge in [-0.2, -0.15) is 17.4 Å². The lowest BCUT2D eigenvalue weighted by molar-refractivity contribution is -0.137. The van der Waals surface area contributed by atoms with Gasteiger partial charge in [0.25, 0.3) is 10.2 Å². The highest BCUT2D eigenvalue weighted by Gasteiger charge is 2.21. The first-order valence-electron chi connectivity index (χ1n) is 6.33. The molecule has 0 saturated carbocycles. The molecule has 1 atom stereocenters. The van der Waals surface area contributed by atoms with Crippen LogP contribution in [0, 0.1) is 0 Å². The Morgan fingerprint density at radius 2 is 2.14 bits per heavy atom. The van der Waals surface area contributed by atoms with Gasteiger partial charge >= 0.3 is 5.97 Å². The standard InChI is InChI=1S/C13H20N2O5S/c1-10(7-13(16)17)14-21(18,19)15(2)9-11-5-4-6-12(8-11)20-3/h4-6,8,10,14H,7,9H2,1-3H3,(H,16,17). The monoisotopic (exact) mass is 316 g/mol. The third-order valence-corrected chi connectivity index (χ3v) is 4.43. The van der Waals surface area contributed by atoms with E-state index >= 15 is 0 Å². The molecular formula is C13H20N2O5S. The van der Waals surface area contributed by atoms with E-state index < -0.39 is 22.2 Å². The lowest BCUT2D eigenvalue weighted by Crippen LogP contribution is -2.42. The van der Waals surface area contributed by atoms with E-state index in [1.165, 1.54) is 21.1 Å². The Hall–Kier alpha value is -1.64. The molecule has 1 unspecified atom stereocenters. The first-order chi connectivity index (χ1) is 9.74. The van der Waals surface area contributed by atoms with Crippen molar-refractivity contribution in [1.82, 2.24) is 9.03 Å². The number of carboxylic acid groups (broad SMARTS) is 1. The minimum absolute atomic E-state index is 0.159. The Labute approximate surface area is 124 Å². The molecule has 21 heavy (non-hydrogen) atoms. The summed E-state index contributed by atoms with van der Waals surface area (Å²) in [6.07, 6.45) is -0.272. The molecule has 1 aromatic carbocycles. The van der Waals surface area contributed by atoms with Crippen LogP contribution in [0.15, 0.2) is 24.3 Å². The van der Waals surface area contributed by atoms with Crippen LogP contribution in [0.25, 0.3) is 0 Å². The van der Waals surface area contributed by atoms with E-state index in [1.807, 2.05) is 0 Å². The smallest absolute Gasteiger partial charge is 0.304 e. The van der Waals surface area contributed by atoms with Gasteiger partial charge in [0.2, 0.25) is 0 Å². The molecule has 0 fully saturated rings. The largest absolute Gasteiger partial charge is 0.497 e. The van der Waals surface area contributed by atoms with Gasteiger partial charge < -0.3 is 9.84 Å². The maximum absolute atomic E-state index is 12.1. The highest BCUT2D eigenvalue weighted by molar-refractivity contribution is 7.87. The van der Waals surface area contributed by atoms with E-state index in [9.17, 15) is 13.2 Å². The molecule has 7 nitrogen and oxygen atoms in total. The Bertz CT molecular complexity index is 588. The number of hydrogen-bond acceptors (Lipinski definition) is 4. The quantitative estimate of drug-likeness (QED) is 0.740. The first-order valence-corrected chi connectivity index (χ1v) is 7.77. The number of carboxylic acids is 1. The van der Waals surface area contributed by atoms with Crippen LogP contribution in [0.3, 0.4) is 0 Å². The Morgan fingerprint density at radius 1 is 1.48 bits per heavy atom. The van der Waals surface area contributed by atoms with Crippen molar-refractivity contribution in [2.45, 2.75) is 25.9 Å². The molecule has 0 amide bonds. The van der Waals surface area contributed by atoms with Gasteiger partial charge in [0, 0.05) is 19.6 Å². The average Bonchev–Trinajstić information content (AvgIpc) is 2.37. The minimum atomic E-state index is -3.74. The zero-order valence-corrected chi connectivity index (χ0v) is 13.1. The molecule has 2 N–H and O–H groups in total. The van der Waals surface area contributed by atoms with Gasteiger partial charge in [-0.05, 0) is 24.6 Å². The van der Waals surface area contributed by atoms with Crippen molar-refractivity contribution >= 4 is 16.2 Å². The van der Waals surface area contributed by atoms with Crippen molar-refractivity contribution in [2.24, 2.45) is 0 Å². The molecule has 0 heterocycles. The molecule has 0 bridgehead atoms. The van der Waals surface area contributed by atoms with Crippen LogP contribution < -0.4 is 9.46 Å². The van der Waals surface area contributed by atoms with E-state index in [1.54, 1.807) is 24.3 Å². The van der Waals surface area contributed by atoms with Gasteiger partial charge in [-0.15, -0.1) is 0 Å². The Kier molecular flexibility index (Phi) is 6.13. The van der Waals surface area contributed by atoms with Gasteiger partial charge in [0.1, 0.15) is 5.75 Å². The number of nitrogens with one attached hydrogen (secondary N) is 1. The SMILES string of the molecule is COc1cccc(CN(C)S(=O)(=O)NC(C)CC(=O)O)c1. The third kappa shape index (κ3) is 5.70. The highest BCUT2D eigenvalue weighted by Crippen LogP contribution is 2.15. The lowest BCUT2D eigenvalue weighted by atomic mass is 10.2. The summed E-state index contributed by atoms with van der Waals surface area (Å²) in [5, 5.41) is 8.65. The second-order valence-electron chi connectivity index (χ2n) is 4.73. The number of benzene rings is 1. The fraction of sp³-hybridized carbons (Fsp3) is 0.462. The van der Waals surface area contributed by atoms with E-state index in [2.05, 4.69) is 4.72 Å². The van der Waals surface area contributed by atoms with Crippen LogP contribution >= 0.6 is 0 Å². The molecule has 0 radical (unpaired) electrons. The van der Waals surface area contributed by atoms with Crippen LogP contribution in [0.5, 0.6) is 5.75 Å². The van der Waals surface area contributed by atoms with E-state index in [-0.39, 0.29) is 13.0 Å². The molecule has 118 valence electrons. The predicted molar refractivity (Wildman–Crippen MR) is 78.2 cm³/mol. The van der Waals surface area contributed by atoms with Gasteiger partial charge in [0.05, 0.1) is 13.5 Å². The van der Waals surface area contributed by atoms with Gasteiger partial charge in [-0.3, -0.25) is 4.79 Å². The molecule has 0 aliphatic heterocycles. The highest BCUT2D eigenvalue weighted by atomic mass is 32.2. The van der Waals surface area contributed by atoms with Gasteiger partial charge in [-0.25, -0.2) is 0 Å². The summed E-state index contributed by atoms with van der Waals surface area (Å²) in [5.41, 5.74) is 0.771. The van der Waals surface area contributed by atoms with Crippen LogP contribution in [-0.4, -0.2) is 44.0 Å². The Morgan fingerprint density at radius 3 is 2.71 bits per heavy atom. The van der Waals surface area contributed by atoms with Crippen molar-refractivity contribution in [3.63, 3.8) is 0 Å². The van der Waals surface area contributed by atoms with E-state index in [4.69, 9.17) is 9.84 Å². The maximum Gasteiger partial charge on any atom is 0.304 e. The normalized spacial score (nSPS) is 13.1. The summed E-state index contributed by atoms with van der Waals surface area (Å²) < 4.78 is 32.7. The van der Waals surface area contributed by atoms with E-state index in [0.29, 0.717) is 5.75 Å². The topological polar surface area (TPSA) is 95.9 Å². The zero-order chi connectivity index (χ0) is 16.0. The molecule has 8 heteroatoms. The summed E-state index contributed by atoms with van der Waals surface area (Å²) in [4.78, 5) is 10.6. The number of hydrogen-bond donors (Lipinski definition) is 2. The van der Waals surface area contributed by atoms with Crippen molar-refractivity contribution in [3.05, 3.63) is 29.8 Å². The average molecular weight is 316 g/mol. The number of aliphatic carboxylic acids is 1. The number of rotatable bonds is 8. The number of ether oxygens (including phenoxy) is 1. The van der Waals surface area contributed by atoms with Gasteiger partial charge in [-0.1, -0.05) is 12.1 Å².